The number of rotatable bonds is 4. The van der Waals surface area contributed by atoms with Gasteiger partial charge in [-0.3, -0.25) is 0 Å². The molecule has 1 saturated carbocycles. The van der Waals surface area contributed by atoms with Crippen molar-refractivity contribution in [3.8, 4) is 5.75 Å². The van der Waals surface area contributed by atoms with Gasteiger partial charge < -0.3 is 14.9 Å². The Morgan fingerprint density at radius 2 is 1.94 bits per heavy atom. The van der Waals surface area contributed by atoms with Crippen LogP contribution in [0.5, 0.6) is 5.75 Å². The first-order chi connectivity index (χ1) is 8.31. The predicted octanol–water partition coefficient (Wildman–Crippen LogP) is 1.90. The molecule has 3 heteroatoms. The predicted molar refractivity (Wildman–Crippen MR) is 66.1 cm³/mol. The van der Waals surface area contributed by atoms with Crippen LogP contribution in [0.3, 0.4) is 0 Å². The lowest BCUT2D eigenvalue weighted by Gasteiger charge is -2.29. The van der Waals surface area contributed by atoms with E-state index in [0.29, 0.717) is 6.42 Å². The normalized spacial score (nSPS) is 24.6. The van der Waals surface area contributed by atoms with Crippen molar-refractivity contribution in [1.82, 2.24) is 0 Å². The van der Waals surface area contributed by atoms with Gasteiger partial charge in [-0.1, -0.05) is 24.6 Å². The van der Waals surface area contributed by atoms with Crippen LogP contribution in [0.1, 0.15) is 31.2 Å². The van der Waals surface area contributed by atoms with Gasteiger partial charge in [0.1, 0.15) is 11.9 Å². The Labute approximate surface area is 102 Å². The van der Waals surface area contributed by atoms with E-state index in [2.05, 4.69) is 0 Å². The number of aliphatic hydroxyl groups excluding tert-OH is 2. The number of benzene rings is 1. The molecule has 0 amide bonds. The third-order valence-corrected chi connectivity index (χ3v) is 3.30. The molecule has 0 spiro atoms. The topological polar surface area (TPSA) is 49.7 Å². The van der Waals surface area contributed by atoms with Gasteiger partial charge in [-0.25, -0.2) is 0 Å². The molecular formula is C14H20O3. The lowest BCUT2D eigenvalue weighted by molar-refractivity contribution is 0.00633. The molecular weight excluding hydrogens is 216 g/mol. The molecule has 0 aliphatic heterocycles. The summed E-state index contributed by atoms with van der Waals surface area (Å²) in [4.78, 5) is 0. The summed E-state index contributed by atoms with van der Waals surface area (Å²) in [6.07, 6.45) is 4.08. The summed E-state index contributed by atoms with van der Waals surface area (Å²) < 4.78 is 5.89. The minimum Gasteiger partial charge on any atom is -0.487 e. The maximum atomic E-state index is 9.88. The van der Waals surface area contributed by atoms with Crippen molar-refractivity contribution in [2.75, 3.05) is 6.61 Å². The number of hydrogen-bond donors (Lipinski definition) is 2. The average Bonchev–Trinajstić information content (AvgIpc) is 2.35. The second-order valence-electron chi connectivity index (χ2n) is 4.59. The Balaban J connectivity index is 2.06. The zero-order valence-electron chi connectivity index (χ0n) is 10.0. The fourth-order valence-electron chi connectivity index (χ4n) is 2.32. The van der Waals surface area contributed by atoms with E-state index < -0.39 is 0 Å². The first-order valence-electron chi connectivity index (χ1n) is 6.34. The first kappa shape index (κ1) is 12.4. The molecule has 0 saturated heterocycles. The van der Waals surface area contributed by atoms with Crippen molar-refractivity contribution in [2.24, 2.45) is 0 Å². The highest BCUT2D eigenvalue weighted by Crippen LogP contribution is 2.26. The summed E-state index contributed by atoms with van der Waals surface area (Å²) in [5.74, 6) is 0.799. The Kier molecular flexibility index (Phi) is 4.40. The molecule has 1 aliphatic rings. The van der Waals surface area contributed by atoms with E-state index in [1.54, 1.807) is 0 Å². The van der Waals surface area contributed by atoms with Crippen molar-refractivity contribution in [3.05, 3.63) is 29.8 Å². The summed E-state index contributed by atoms with van der Waals surface area (Å²) in [7, 11) is 0. The molecule has 1 aromatic carbocycles. The Morgan fingerprint density at radius 1 is 1.18 bits per heavy atom. The number of aliphatic hydroxyl groups is 2. The third-order valence-electron chi connectivity index (χ3n) is 3.30. The molecule has 2 N–H and O–H groups in total. The van der Waals surface area contributed by atoms with E-state index in [1.807, 2.05) is 24.3 Å². The van der Waals surface area contributed by atoms with E-state index in [9.17, 15) is 5.11 Å². The zero-order chi connectivity index (χ0) is 12.1. The van der Waals surface area contributed by atoms with Crippen LogP contribution in [-0.4, -0.2) is 29.0 Å². The molecule has 1 aromatic rings. The van der Waals surface area contributed by atoms with Crippen molar-refractivity contribution in [1.29, 1.82) is 0 Å². The molecule has 1 fully saturated rings. The monoisotopic (exact) mass is 236 g/mol. The summed E-state index contributed by atoms with van der Waals surface area (Å²) in [5.41, 5.74) is 1.01. The molecule has 0 radical (unpaired) electrons. The number of hydrogen-bond acceptors (Lipinski definition) is 3. The van der Waals surface area contributed by atoms with Crippen LogP contribution < -0.4 is 4.74 Å². The minimum atomic E-state index is -0.356. The van der Waals surface area contributed by atoms with Gasteiger partial charge >= 0.3 is 0 Å². The van der Waals surface area contributed by atoms with Crippen LogP contribution in [0.4, 0.5) is 0 Å². The Morgan fingerprint density at radius 3 is 2.71 bits per heavy atom. The molecule has 0 unspecified atom stereocenters. The second kappa shape index (κ2) is 6.03. The van der Waals surface area contributed by atoms with Gasteiger partial charge in [0.05, 0.1) is 6.10 Å². The molecule has 17 heavy (non-hydrogen) atoms. The molecule has 0 heterocycles. The van der Waals surface area contributed by atoms with Crippen molar-refractivity contribution in [3.63, 3.8) is 0 Å². The number of para-hydroxylation sites is 1. The fraction of sp³-hybridized carbons (Fsp3) is 0.571. The standard InChI is InChI=1S/C14H20O3/c15-10-9-11-5-1-3-7-13(11)17-14-8-4-2-6-12(14)16/h1,3,5,7,12,14-16H,2,4,6,8-10H2/t12-,14-/m0/s1. The maximum Gasteiger partial charge on any atom is 0.124 e. The highest BCUT2D eigenvalue weighted by Gasteiger charge is 2.25. The molecule has 0 aromatic heterocycles. The third kappa shape index (κ3) is 3.20. The van der Waals surface area contributed by atoms with Gasteiger partial charge in [0.25, 0.3) is 0 Å². The average molecular weight is 236 g/mol. The van der Waals surface area contributed by atoms with Crippen molar-refractivity contribution < 1.29 is 14.9 Å². The van der Waals surface area contributed by atoms with Crippen molar-refractivity contribution in [2.45, 2.75) is 44.3 Å². The van der Waals surface area contributed by atoms with Crippen LogP contribution in [0, 0.1) is 0 Å². The van der Waals surface area contributed by atoms with Gasteiger partial charge in [0, 0.05) is 6.61 Å². The molecule has 3 nitrogen and oxygen atoms in total. The molecule has 1 aliphatic carbocycles. The van der Waals surface area contributed by atoms with Gasteiger partial charge in [-0.05, 0) is 37.3 Å². The smallest absolute Gasteiger partial charge is 0.124 e. The lowest BCUT2D eigenvalue weighted by Crippen LogP contribution is -2.34. The quantitative estimate of drug-likeness (QED) is 0.839. The highest BCUT2D eigenvalue weighted by molar-refractivity contribution is 5.33. The largest absolute Gasteiger partial charge is 0.487 e. The van der Waals surface area contributed by atoms with E-state index in [0.717, 1.165) is 37.0 Å². The number of ether oxygens (including phenoxy) is 1. The molecule has 2 atom stereocenters. The van der Waals surface area contributed by atoms with Crippen LogP contribution in [0.2, 0.25) is 0 Å². The lowest BCUT2D eigenvalue weighted by atomic mass is 9.94. The Hall–Kier alpha value is -1.06. The Bertz CT molecular complexity index is 351. The van der Waals surface area contributed by atoms with Gasteiger partial charge in [-0.2, -0.15) is 0 Å². The van der Waals surface area contributed by atoms with Crippen molar-refractivity contribution >= 4 is 0 Å². The molecule has 2 rings (SSSR count). The summed E-state index contributed by atoms with van der Waals surface area (Å²) >= 11 is 0. The van der Waals surface area contributed by atoms with E-state index in [4.69, 9.17) is 9.84 Å². The maximum absolute atomic E-state index is 9.88. The SMILES string of the molecule is OCCc1ccccc1O[C@H]1CCCC[C@@H]1O. The van der Waals surface area contributed by atoms with E-state index in [-0.39, 0.29) is 18.8 Å². The second-order valence-corrected chi connectivity index (χ2v) is 4.59. The fourth-order valence-corrected chi connectivity index (χ4v) is 2.32. The molecule has 94 valence electrons. The van der Waals surface area contributed by atoms with Gasteiger partial charge in [0.15, 0.2) is 0 Å². The van der Waals surface area contributed by atoms with Gasteiger partial charge in [0.2, 0.25) is 0 Å². The van der Waals surface area contributed by atoms with Crippen LogP contribution in [0.15, 0.2) is 24.3 Å². The van der Waals surface area contributed by atoms with Gasteiger partial charge in [-0.15, -0.1) is 0 Å². The molecule has 0 bridgehead atoms. The summed E-state index contributed by atoms with van der Waals surface area (Å²) in [6, 6.07) is 7.73. The summed E-state index contributed by atoms with van der Waals surface area (Å²) in [5, 5.41) is 18.9. The highest BCUT2D eigenvalue weighted by atomic mass is 16.5. The van der Waals surface area contributed by atoms with Crippen LogP contribution >= 0.6 is 0 Å². The summed E-state index contributed by atoms with van der Waals surface area (Å²) in [6.45, 7) is 0.119. The zero-order valence-corrected chi connectivity index (χ0v) is 10.0. The first-order valence-corrected chi connectivity index (χ1v) is 6.34. The van der Waals surface area contributed by atoms with Crippen LogP contribution in [0.25, 0.3) is 0 Å². The van der Waals surface area contributed by atoms with E-state index >= 15 is 0 Å². The van der Waals surface area contributed by atoms with E-state index in [1.165, 1.54) is 0 Å². The minimum absolute atomic E-state index is 0.0939. The van der Waals surface area contributed by atoms with Crippen LogP contribution in [-0.2, 0) is 6.42 Å².